The SMILES string of the molecule is NC1COCCn2c1nc(-c1ccncc1)cc2=O. The first-order chi connectivity index (χ1) is 9.25. The quantitative estimate of drug-likeness (QED) is 0.797. The summed E-state index contributed by atoms with van der Waals surface area (Å²) in [7, 11) is 0. The lowest BCUT2D eigenvalue weighted by Gasteiger charge is -2.13. The van der Waals surface area contributed by atoms with Gasteiger partial charge in [-0.1, -0.05) is 0 Å². The third kappa shape index (κ3) is 2.27. The summed E-state index contributed by atoms with van der Waals surface area (Å²) in [6.07, 6.45) is 3.34. The van der Waals surface area contributed by atoms with E-state index in [1.54, 1.807) is 17.0 Å². The summed E-state index contributed by atoms with van der Waals surface area (Å²) < 4.78 is 6.94. The molecule has 0 bridgehead atoms. The monoisotopic (exact) mass is 258 g/mol. The van der Waals surface area contributed by atoms with Gasteiger partial charge in [0.05, 0.1) is 31.5 Å². The molecule has 0 aliphatic carbocycles. The average Bonchev–Trinajstić information content (AvgIpc) is 2.63. The number of aromatic nitrogens is 3. The van der Waals surface area contributed by atoms with Gasteiger partial charge in [0.15, 0.2) is 0 Å². The van der Waals surface area contributed by atoms with Gasteiger partial charge in [0, 0.05) is 24.0 Å². The van der Waals surface area contributed by atoms with Crippen molar-refractivity contribution in [2.75, 3.05) is 13.2 Å². The number of pyridine rings is 1. The van der Waals surface area contributed by atoms with E-state index in [4.69, 9.17) is 10.5 Å². The zero-order valence-electron chi connectivity index (χ0n) is 10.3. The normalized spacial score (nSPS) is 18.7. The molecule has 98 valence electrons. The fraction of sp³-hybridized carbons (Fsp3) is 0.308. The maximum Gasteiger partial charge on any atom is 0.254 e. The van der Waals surface area contributed by atoms with Crippen molar-refractivity contribution in [2.45, 2.75) is 12.6 Å². The number of ether oxygens (including phenoxy) is 1. The van der Waals surface area contributed by atoms with Crippen LogP contribution in [0.2, 0.25) is 0 Å². The second kappa shape index (κ2) is 4.91. The molecule has 2 N–H and O–H groups in total. The van der Waals surface area contributed by atoms with Gasteiger partial charge in [0.25, 0.3) is 5.56 Å². The van der Waals surface area contributed by atoms with Crippen LogP contribution in [0.3, 0.4) is 0 Å². The molecule has 0 amide bonds. The van der Waals surface area contributed by atoms with Crippen LogP contribution in [0.1, 0.15) is 11.9 Å². The van der Waals surface area contributed by atoms with Crippen LogP contribution in [0.25, 0.3) is 11.3 Å². The molecule has 1 atom stereocenters. The minimum Gasteiger partial charge on any atom is -0.377 e. The molecule has 0 radical (unpaired) electrons. The molecule has 1 unspecified atom stereocenters. The van der Waals surface area contributed by atoms with E-state index in [2.05, 4.69) is 9.97 Å². The molecule has 0 fully saturated rings. The Kier molecular flexibility index (Phi) is 3.10. The van der Waals surface area contributed by atoms with E-state index < -0.39 is 0 Å². The second-order valence-electron chi connectivity index (χ2n) is 4.41. The molecule has 0 spiro atoms. The third-order valence-electron chi connectivity index (χ3n) is 3.10. The molecule has 19 heavy (non-hydrogen) atoms. The van der Waals surface area contributed by atoms with Crippen LogP contribution < -0.4 is 11.3 Å². The summed E-state index contributed by atoms with van der Waals surface area (Å²) in [5, 5.41) is 0. The van der Waals surface area contributed by atoms with Crippen molar-refractivity contribution in [3.8, 4) is 11.3 Å². The smallest absolute Gasteiger partial charge is 0.254 e. The average molecular weight is 258 g/mol. The van der Waals surface area contributed by atoms with Gasteiger partial charge in [-0.2, -0.15) is 0 Å². The summed E-state index contributed by atoms with van der Waals surface area (Å²) in [4.78, 5) is 20.6. The molecule has 2 aromatic heterocycles. The highest BCUT2D eigenvalue weighted by Crippen LogP contribution is 2.17. The number of hydrogen-bond acceptors (Lipinski definition) is 5. The van der Waals surface area contributed by atoms with Crippen LogP contribution in [0, 0.1) is 0 Å². The van der Waals surface area contributed by atoms with E-state index in [0.29, 0.717) is 31.3 Å². The molecule has 0 saturated carbocycles. The van der Waals surface area contributed by atoms with Crippen LogP contribution in [0.4, 0.5) is 0 Å². The highest BCUT2D eigenvalue weighted by atomic mass is 16.5. The molecule has 6 nitrogen and oxygen atoms in total. The van der Waals surface area contributed by atoms with Gasteiger partial charge in [-0.05, 0) is 12.1 Å². The van der Waals surface area contributed by atoms with Gasteiger partial charge < -0.3 is 10.5 Å². The minimum absolute atomic E-state index is 0.0993. The zero-order chi connectivity index (χ0) is 13.2. The van der Waals surface area contributed by atoms with Crippen molar-refractivity contribution in [1.29, 1.82) is 0 Å². The van der Waals surface area contributed by atoms with Crippen molar-refractivity contribution >= 4 is 0 Å². The van der Waals surface area contributed by atoms with Gasteiger partial charge in [-0.15, -0.1) is 0 Å². The molecule has 3 rings (SSSR count). The Bertz CT molecular complexity index is 639. The Morgan fingerprint density at radius 3 is 2.95 bits per heavy atom. The Labute approximate surface area is 109 Å². The standard InChI is InChI=1S/C13H14N4O2/c14-10-8-19-6-5-17-12(18)7-11(16-13(10)17)9-1-3-15-4-2-9/h1-4,7,10H,5-6,8,14H2. The van der Waals surface area contributed by atoms with Gasteiger partial charge in [0.1, 0.15) is 5.82 Å². The van der Waals surface area contributed by atoms with Crippen molar-refractivity contribution in [1.82, 2.24) is 14.5 Å². The molecular formula is C13H14N4O2. The van der Waals surface area contributed by atoms with Crippen LogP contribution in [0.5, 0.6) is 0 Å². The Hall–Kier alpha value is -2.05. The summed E-state index contributed by atoms with van der Waals surface area (Å²) in [6.45, 7) is 1.36. The number of nitrogens with two attached hydrogens (primary N) is 1. The Balaban J connectivity index is 2.15. The predicted octanol–water partition coefficient (Wildman–Crippen LogP) is 0.335. The summed E-state index contributed by atoms with van der Waals surface area (Å²) in [5.74, 6) is 0.580. The molecule has 0 saturated heterocycles. The first-order valence-corrected chi connectivity index (χ1v) is 6.11. The van der Waals surface area contributed by atoms with Crippen molar-refractivity contribution in [3.63, 3.8) is 0 Å². The van der Waals surface area contributed by atoms with E-state index in [0.717, 1.165) is 5.56 Å². The largest absolute Gasteiger partial charge is 0.377 e. The van der Waals surface area contributed by atoms with Crippen molar-refractivity contribution in [3.05, 3.63) is 46.8 Å². The summed E-state index contributed by atoms with van der Waals surface area (Å²) in [6, 6.07) is 4.78. The topological polar surface area (TPSA) is 83.0 Å². The van der Waals surface area contributed by atoms with Crippen molar-refractivity contribution < 1.29 is 4.74 Å². The molecule has 1 aliphatic rings. The molecular weight excluding hydrogens is 244 g/mol. The predicted molar refractivity (Wildman–Crippen MR) is 69.5 cm³/mol. The highest BCUT2D eigenvalue weighted by Gasteiger charge is 2.19. The lowest BCUT2D eigenvalue weighted by molar-refractivity contribution is 0.126. The van der Waals surface area contributed by atoms with Gasteiger partial charge in [0.2, 0.25) is 0 Å². The van der Waals surface area contributed by atoms with Gasteiger partial charge >= 0.3 is 0 Å². The first-order valence-electron chi connectivity index (χ1n) is 6.11. The Morgan fingerprint density at radius 1 is 1.37 bits per heavy atom. The van der Waals surface area contributed by atoms with E-state index in [-0.39, 0.29) is 11.6 Å². The maximum absolute atomic E-state index is 12.2. The first kappa shape index (κ1) is 12.0. The third-order valence-corrected chi connectivity index (χ3v) is 3.10. The second-order valence-corrected chi connectivity index (χ2v) is 4.41. The van der Waals surface area contributed by atoms with E-state index in [1.807, 2.05) is 12.1 Å². The summed E-state index contributed by atoms with van der Waals surface area (Å²) >= 11 is 0. The minimum atomic E-state index is -0.378. The van der Waals surface area contributed by atoms with Crippen LogP contribution >= 0.6 is 0 Å². The van der Waals surface area contributed by atoms with Gasteiger partial charge in [-0.3, -0.25) is 14.3 Å². The zero-order valence-corrected chi connectivity index (χ0v) is 10.3. The Morgan fingerprint density at radius 2 is 2.16 bits per heavy atom. The summed E-state index contributed by atoms with van der Waals surface area (Å²) in [5.41, 5.74) is 7.38. The molecule has 2 aromatic rings. The number of hydrogen-bond donors (Lipinski definition) is 1. The number of rotatable bonds is 1. The maximum atomic E-state index is 12.2. The highest BCUT2D eigenvalue weighted by molar-refractivity contribution is 5.57. The van der Waals surface area contributed by atoms with E-state index in [9.17, 15) is 4.79 Å². The van der Waals surface area contributed by atoms with Gasteiger partial charge in [-0.25, -0.2) is 4.98 Å². The van der Waals surface area contributed by atoms with Crippen LogP contribution in [-0.2, 0) is 11.3 Å². The molecule has 1 aliphatic heterocycles. The lowest BCUT2D eigenvalue weighted by atomic mass is 10.2. The van der Waals surface area contributed by atoms with Crippen molar-refractivity contribution in [2.24, 2.45) is 5.73 Å². The number of fused-ring (bicyclic) bond motifs is 1. The molecule has 0 aromatic carbocycles. The van der Waals surface area contributed by atoms with Crippen LogP contribution in [0.15, 0.2) is 35.4 Å². The van der Waals surface area contributed by atoms with E-state index in [1.165, 1.54) is 6.07 Å². The van der Waals surface area contributed by atoms with Crippen LogP contribution in [-0.4, -0.2) is 27.7 Å². The fourth-order valence-corrected chi connectivity index (χ4v) is 2.14. The molecule has 6 heteroatoms. The van der Waals surface area contributed by atoms with E-state index >= 15 is 0 Å². The lowest BCUT2D eigenvalue weighted by Crippen LogP contribution is -2.29. The number of nitrogens with zero attached hydrogens (tertiary/aromatic N) is 3. The fourth-order valence-electron chi connectivity index (χ4n) is 2.14. The molecule has 3 heterocycles.